The van der Waals surface area contributed by atoms with Gasteiger partial charge in [0, 0.05) is 131 Å². The smallest absolute Gasteiger partial charge is 0.255 e. The van der Waals surface area contributed by atoms with Crippen LogP contribution in [0.15, 0.2) is 176 Å². The molecule has 0 aliphatic carbocycles. The SMILES string of the molecule is CN(C)c1ccc2c(Cl)ccnc2c1.Cc1cc(Nc2ccc(NC(=O)c3ccc(N)cc3)cc2)nc(N)n1.Cc1cc(Nc2ccc(NC(=O)c3ccc(Nc4cccc5cc(N(C)C)ccc45)cc3)cc2)nc(N)n1.Cl. The number of hydrogen-bond acceptors (Lipinski definition) is 15. The largest absolute Gasteiger partial charge is 0.399 e. The van der Waals surface area contributed by atoms with Gasteiger partial charge in [0.25, 0.3) is 11.8 Å². The number of aryl methyl sites for hydroxylation is 2. The van der Waals surface area contributed by atoms with Crippen molar-refractivity contribution in [3.63, 3.8) is 0 Å². The van der Waals surface area contributed by atoms with E-state index in [1.54, 1.807) is 54.7 Å². The van der Waals surface area contributed by atoms with Crippen molar-refractivity contribution in [2.75, 3.05) is 81.8 Å². The topological polar surface area (TPSA) is 243 Å². The maximum Gasteiger partial charge on any atom is 0.255 e. The third-order valence-electron chi connectivity index (χ3n) is 11.7. The molecule has 0 unspecified atom stereocenters. The quantitative estimate of drug-likeness (QED) is 0.0531. The van der Waals surface area contributed by atoms with Gasteiger partial charge in [-0.1, -0.05) is 29.8 Å². The average molecular weight is 1080 g/mol. The van der Waals surface area contributed by atoms with Crippen LogP contribution in [0.25, 0.3) is 21.7 Å². The summed E-state index contributed by atoms with van der Waals surface area (Å²) in [6.45, 7) is 3.70. The van der Waals surface area contributed by atoms with Gasteiger partial charge in [-0.25, -0.2) is 9.97 Å². The Kier molecular flexibility index (Phi) is 18.5. The normalized spacial score (nSPS) is 10.4. The van der Waals surface area contributed by atoms with E-state index in [9.17, 15) is 9.59 Å². The standard InChI is InChI=1S/C30H29N7O.C18H18N6O.C11H11ClN2.ClH/c1-19-17-28(36-30(31)32-19)34-23-11-13-24(14-12-23)35-29(38)20-7-9-22(10-8-20)33-27-6-4-5-21-18-25(37(2)3)15-16-26(21)27;1-11-10-16(24-18(20)21-11)22-14-6-8-15(9-7-14)23-17(25)12-2-4-13(19)5-3-12;1-14(2)8-3-4-9-10(12)5-6-13-11(9)7-8;/h4-18,33H,1-3H3,(H,35,38)(H3,31,32,34,36);2-10H,19H2,1H3,(H,23,25)(H3,20,21,22,24);3-7H,1-2H3;1H. The molecule has 396 valence electrons. The number of nitrogens with two attached hydrogens (primary N) is 3. The summed E-state index contributed by atoms with van der Waals surface area (Å²) in [6.07, 6.45) is 1.73. The maximum absolute atomic E-state index is 12.8. The van der Waals surface area contributed by atoms with E-state index in [-0.39, 0.29) is 36.1 Å². The van der Waals surface area contributed by atoms with E-state index >= 15 is 0 Å². The highest BCUT2D eigenvalue weighted by Crippen LogP contribution is 2.30. The number of pyridine rings is 1. The van der Waals surface area contributed by atoms with Crippen LogP contribution in [0.2, 0.25) is 5.02 Å². The Morgan fingerprint density at radius 2 is 0.936 bits per heavy atom. The van der Waals surface area contributed by atoms with Gasteiger partial charge >= 0.3 is 0 Å². The van der Waals surface area contributed by atoms with E-state index in [4.69, 9.17) is 28.8 Å². The predicted octanol–water partition coefficient (Wildman–Crippen LogP) is 12.6. The molecular formula is C59H59Cl2N15O2. The van der Waals surface area contributed by atoms with Crippen LogP contribution in [0.4, 0.5) is 74.7 Å². The van der Waals surface area contributed by atoms with E-state index in [1.165, 1.54) is 0 Å². The van der Waals surface area contributed by atoms with E-state index in [0.29, 0.717) is 39.8 Å². The molecule has 10 aromatic rings. The molecule has 3 heterocycles. The van der Waals surface area contributed by atoms with Crippen LogP contribution in [0.1, 0.15) is 32.1 Å². The third-order valence-corrected chi connectivity index (χ3v) is 12.1. The summed E-state index contributed by atoms with van der Waals surface area (Å²) in [5, 5.41) is 19.6. The van der Waals surface area contributed by atoms with E-state index < -0.39 is 0 Å². The fourth-order valence-corrected chi connectivity index (χ4v) is 8.04. The first-order chi connectivity index (χ1) is 37.0. The van der Waals surface area contributed by atoms with Gasteiger partial charge in [-0.3, -0.25) is 14.6 Å². The van der Waals surface area contributed by atoms with Gasteiger partial charge in [-0.15, -0.1) is 12.4 Å². The number of anilines is 13. The lowest BCUT2D eigenvalue weighted by Gasteiger charge is -2.15. The fourth-order valence-electron chi connectivity index (χ4n) is 7.82. The first kappa shape index (κ1) is 56.0. The molecule has 3 aromatic heterocycles. The molecule has 7 aromatic carbocycles. The van der Waals surface area contributed by atoms with Crippen LogP contribution in [0.3, 0.4) is 0 Å². The molecule has 0 fully saturated rings. The number of benzene rings is 7. The number of amides is 2. The van der Waals surface area contributed by atoms with Crippen molar-refractivity contribution >= 4 is 132 Å². The summed E-state index contributed by atoms with van der Waals surface area (Å²) in [5.41, 5.74) is 28.4. The summed E-state index contributed by atoms with van der Waals surface area (Å²) in [5.74, 6) is 1.28. The number of carbonyl (C=O) groups is 2. The second-order valence-corrected chi connectivity index (χ2v) is 18.5. The molecule has 19 heteroatoms. The zero-order valence-corrected chi connectivity index (χ0v) is 45.3. The van der Waals surface area contributed by atoms with Crippen LogP contribution < -0.4 is 53.6 Å². The molecule has 11 N–H and O–H groups in total. The number of nitrogens with one attached hydrogen (secondary N) is 5. The zero-order chi connectivity index (χ0) is 54.6. The van der Waals surface area contributed by atoms with Crippen LogP contribution in [0.5, 0.6) is 0 Å². The number of nitrogen functional groups attached to an aromatic ring is 3. The Labute approximate surface area is 463 Å². The number of aromatic nitrogens is 5. The van der Waals surface area contributed by atoms with Crippen molar-refractivity contribution in [2.24, 2.45) is 0 Å². The molecular weight excluding hydrogens is 1020 g/mol. The van der Waals surface area contributed by atoms with Crippen LogP contribution in [0, 0.1) is 13.8 Å². The molecule has 0 aliphatic rings. The van der Waals surface area contributed by atoms with Gasteiger partial charge in [0.1, 0.15) is 11.6 Å². The molecule has 2 amide bonds. The Morgan fingerprint density at radius 3 is 1.44 bits per heavy atom. The second-order valence-electron chi connectivity index (χ2n) is 18.1. The molecule has 0 radical (unpaired) electrons. The van der Waals surface area contributed by atoms with Crippen LogP contribution >= 0.6 is 24.0 Å². The van der Waals surface area contributed by atoms with Crippen LogP contribution in [-0.4, -0.2) is 64.9 Å². The third kappa shape index (κ3) is 15.2. The number of halogens is 2. The van der Waals surface area contributed by atoms with Gasteiger partial charge < -0.3 is 53.6 Å². The number of hydrogen-bond donors (Lipinski definition) is 8. The van der Waals surface area contributed by atoms with Gasteiger partial charge in [0.2, 0.25) is 11.9 Å². The molecule has 0 spiro atoms. The summed E-state index contributed by atoms with van der Waals surface area (Å²) in [6, 6.07) is 52.9. The Hall–Kier alpha value is -9.71. The molecule has 0 aliphatic heterocycles. The number of carbonyl (C=O) groups excluding carboxylic acids is 2. The van der Waals surface area contributed by atoms with Crippen molar-refractivity contribution in [2.45, 2.75) is 13.8 Å². The molecule has 0 saturated heterocycles. The lowest BCUT2D eigenvalue weighted by Crippen LogP contribution is -2.11. The minimum Gasteiger partial charge on any atom is -0.399 e. The first-order valence-electron chi connectivity index (χ1n) is 24.3. The van der Waals surface area contributed by atoms with E-state index in [2.05, 4.69) is 86.7 Å². The van der Waals surface area contributed by atoms with E-state index in [1.807, 2.05) is 138 Å². The minimum absolute atomic E-state index is 0. The van der Waals surface area contributed by atoms with Crippen molar-refractivity contribution in [1.29, 1.82) is 0 Å². The highest BCUT2D eigenvalue weighted by Gasteiger charge is 2.11. The second kappa shape index (κ2) is 25.7. The Morgan fingerprint density at radius 1 is 0.487 bits per heavy atom. The zero-order valence-electron chi connectivity index (χ0n) is 43.7. The van der Waals surface area contributed by atoms with E-state index in [0.717, 1.165) is 72.2 Å². The molecule has 0 bridgehead atoms. The number of rotatable bonds is 12. The first-order valence-corrected chi connectivity index (χ1v) is 24.6. The summed E-state index contributed by atoms with van der Waals surface area (Å²) >= 11 is 6.04. The van der Waals surface area contributed by atoms with Gasteiger partial charge in [0.05, 0.1) is 10.5 Å². The van der Waals surface area contributed by atoms with Gasteiger partial charge in [-0.2, -0.15) is 9.97 Å². The summed E-state index contributed by atoms with van der Waals surface area (Å²) < 4.78 is 0. The lowest BCUT2D eigenvalue weighted by atomic mass is 10.1. The molecule has 0 saturated carbocycles. The Balaban J connectivity index is 0.000000188. The number of nitrogens with zero attached hydrogens (tertiary/aromatic N) is 7. The van der Waals surface area contributed by atoms with Gasteiger partial charge in [0.15, 0.2) is 0 Å². The molecule has 78 heavy (non-hydrogen) atoms. The average Bonchev–Trinajstić information content (AvgIpc) is 3.41. The minimum atomic E-state index is -0.195. The highest BCUT2D eigenvalue weighted by molar-refractivity contribution is 6.35. The molecule has 0 atom stereocenters. The van der Waals surface area contributed by atoms with Crippen molar-refractivity contribution in [3.05, 3.63) is 204 Å². The van der Waals surface area contributed by atoms with Gasteiger partial charge in [-0.05, 0) is 159 Å². The lowest BCUT2D eigenvalue weighted by molar-refractivity contribution is 0.101. The summed E-state index contributed by atoms with van der Waals surface area (Å²) in [4.78, 5) is 49.8. The van der Waals surface area contributed by atoms with Crippen molar-refractivity contribution < 1.29 is 9.59 Å². The monoisotopic (exact) mass is 1080 g/mol. The molecule has 10 rings (SSSR count). The summed E-state index contributed by atoms with van der Waals surface area (Å²) in [7, 11) is 8.08. The number of fused-ring (bicyclic) bond motifs is 2. The fraction of sp³-hybridized carbons (Fsp3) is 0.102. The molecule has 17 nitrogen and oxygen atoms in total. The highest BCUT2D eigenvalue weighted by atomic mass is 35.5. The van der Waals surface area contributed by atoms with Crippen molar-refractivity contribution in [1.82, 2.24) is 24.9 Å². The Bertz CT molecular complexity index is 3640. The van der Waals surface area contributed by atoms with Crippen molar-refractivity contribution in [3.8, 4) is 0 Å². The predicted molar refractivity (Wildman–Crippen MR) is 325 cm³/mol. The van der Waals surface area contributed by atoms with Crippen LogP contribution in [-0.2, 0) is 0 Å². The maximum atomic E-state index is 12.8.